The number of halogens is 1. The molecule has 1 heterocycles. The summed E-state index contributed by atoms with van der Waals surface area (Å²) in [5.74, 6) is 1.35. The van der Waals surface area contributed by atoms with Crippen LogP contribution in [0.5, 0.6) is 0 Å². The number of likely N-dealkylation sites (N-methyl/N-ethyl adjacent to an activating group) is 1. The molecule has 1 aromatic carbocycles. The summed E-state index contributed by atoms with van der Waals surface area (Å²) in [6.45, 7) is 11.3. The van der Waals surface area contributed by atoms with Crippen LogP contribution in [0.25, 0.3) is 0 Å². The molecule has 0 spiro atoms. The van der Waals surface area contributed by atoms with E-state index in [4.69, 9.17) is 11.6 Å². The highest BCUT2D eigenvalue weighted by Gasteiger charge is 2.23. The Morgan fingerprint density at radius 1 is 1.05 bits per heavy atom. The second kappa shape index (κ2) is 7.44. The minimum Gasteiger partial charge on any atom is -0.328 e. The third-order valence-corrected chi connectivity index (χ3v) is 4.97. The number of benzene rings is 1. The van der Waals surface area contributed by atoms with Gasteiger partial charge in [0.2, 0.25) is 0 Å². The molecular weight excluding hydrogens is 268 g/mol. The first kappa shape index (κ1) is 15.8. The van der Waals surface area contributed by atoms with E-state index < -0.39 is 0 Å². The zero-order valence-electron chi connectivity index (χ0n) is 13.1. The number of piperazine rings is 1. The summed E-state index contributed by atoms with van der Waals surface area (Å²) in [5, 5.41) is 0.837. The van der Waals surface area contributed by atoms with Crippen molar-refractivity contribution in [1.82, 2.24) is 0 Å². The minimum absolute atomic E-state index is 0.659. The third-order valence-electron chi connectivity index (χ3n) is 4.72. The lowest BCUT2D eigenvalue weighted by molar-refractivity contribution is -1.00. The summed E-state index contributed by atoms with van der Waals surface area (Å²) in [6.07, 6.45) is 1.29. The van der Waals surface area contributed by atoms with Crippen LogP contribution in [0.2, 0.25) is 5.02 Å². The number of rotatable bonds is 5. The monoisotopic (exact) mass is 296 g/mol. The fourth-order valence-corrected chi connectivity index (χ4v) is 3.36. The number of hydrogen-bond donors (Lipinski definition) is 2. The number of nitrogens with one attached hydrogen (secondary N) is 2. The molecule has 2 N–H and O–H groups in total. The molecule has 3 heteroatoms. The molecule has 2 rings (SSSR count). The number of hydrogen-bond acceptors (Lipinski definition) is 0. The average molecular weight is 297 g/mol. The second-order valence-corrected chi connectivity index (χ2v) is 7.08. The summed E-state index contributed by atoms with van der Waals surface area (Å²) in [6, 6.07) is 8.46. The largest absolute Gasteiger partial charge is 0.328 e. The van der Waals surface area contributed by atoms with E-state index in [1.165, 1.54) is 44.7 Å². The molecule has 0 amide bonds. The highest BCUT2D eigenvalue weighted by Crippen LogP contribution is 2.28. The first-order valence-electron chi connectivity index (χ1n) is 7.96. The molecular formula is C17H29ClN2+2. The van der Waals surface area contributed by atoms with Gasteiger partial charge in [0.15, 0.2) is 0 Å². The van der Waals surface area contributed by atoms with Gasteiger partial charge in [0.1, 0.15) is 26.2 Å². The lowest BCUT2D eigenvalue weighted by Crippen LogP contribution is -3.27. The molecule has 0 saturated carbocycles. The molecule has 1 aliphatic rings. The zero-order chi connectivity index (χ0) is 14.5. The highest BCUT2D eigenvalue weighted by atomic mass is 35.5. The van der Waals surface area contributed by atoms with Crippen LogP contribution < -0.4 is 9.80 Å². The van der Waals surface area contributed by atoms with E-state index in [0.29, 0.717) is 11.8 Å². The van der Waals surface area contributed by atoms with Gasteiger partial charge < -0.3 is 9.80 Å². The third kappa shape index (κ3) is 4.47. The van der Waals surface area contributed by atoms with Crippen LogP contribution in [-0.2, 0) is 0 Å². The molecule has 1 aliphatic heterocycles. The summed E-state index contributed by atoms with van der Waals surface area (Å²) in [7, 11) is 2.31. The Morgan fingerprint density at radius 3 is 2.20 bits per heavy atom. The second-order valence-electron chi connectivity index (χ2n) is 6.65. The maximum atomic E-state index is 6.00. The van der Waals surface area contributed by atoms with Crippen molar-refractivity contribution in [3.63, 3.8) is 0 Å². The van der Waals surface area contributed by atoms with E-state index >= 15 is 0 Å². The lowest BCUT2D eigenvalue weighted by Gasteiger charge is -2.29. The van der Waals surface area contributed by atoms with E-state index in [2.05, 4.69) is 33.0 Å². The van der Waals surface area contributed by atoms with E-state index in [0.717, 1.165) is 5.02 Å². The van der Waals surface area contributed by atoms with Crippen molar-refractivity contribution in [1.29, 1.82) is 0 Å². The molecule has 2 nitrogen and oxygen atoms in total. The Balaban J connectivity index is 1.91. The number of quaternary nitrogens is 2. The predicted molar refractivity (Wildman–Crippen MR) is 85.8 cm³/mol. The van der Waals surface area contributed by atoms with Crippen LogP contribution >= 0.6 is 11.6 Å². The van der Waals surface area contributed by atoms with Gasteiger partial charge in [0.05, 0.1) is 13.6 Å². The van der Waals surface area contributed by atoms with Crippen LogP contribution in [0.1, 0.15) is 31.7 Å². The van der Waals surface area contributed by atoms with Crippen molar-refractivity contribution < 1.29 is 9.80 Å². The molecule has 1 aromatic rings. The van der Waals surface area contributed by atoms with Crippen LogP contribution in [0.4, 0.5) is 0 Å². The fourth-order valence-electron chi connectivity index (χ4n) is 3.23. The van der Waals surface area contributed by atoms with Gasteiger partial charge in [-0.05, 0) is 29.5 Å². The molecule has 0 aliphatic carbocycles. The van der Waals surface area contributed by atoms with Gasteiger partial charge >= 0.3 is 0 Å². The smallest absolute Gasteiger partial charge is 0.127 e. The molecule has 0 unspecified atom stereocenters. The maximum Gasteiger partial charge on any atom is 0.127 e. The molecule has 0 radical (unpaired) electrons. The van der Waals surface area contributed by atoms with Crippen molar-refractivity contribution in [3.8, 4) is 0 Å². The summed E-state index contributed by atoms with van der Waals surface area (Å²) in [5.41, 5.74) is 1.45. The topological polar surface area (TPSA) is 8.88 Å². The van der Waals surface area contributed by atoms with Gasteiger partial charge in [-0.15, -0.1) is 0 Å². The molecule has 1 fully saturated rings. The van der Waals surface area contributed by atoms with E-state index in [1.807, 2.05) is 12.1 Å². The highest BCUT2D eigenvalue weighted by molar-refractivity contribution is 6.30. The molecule has 0 aromatic heterocycles. The van der Waals surface area contributed by atoms with Crippen molar-refractivity contribution in [2.45, 2.75) is 26.2 Å². The normalized spacial score (nSPS) is 24.9. The summed E-state index contributed by atoms with van der Waals surface area (Å²) in [4.78, 5) is 3.47. The Kier molecular flexibility index (Phi) is 5.88. The quantitative estimate of drug-likeness (QED) is 0.798. The average Bonchev–Trinajstić information content (AvgIpc) is 2.43. The van der Waals surface area contributed by atoms with Gasteiger partial charge in [-0.25, -0.2) is 0 Å². The van der Waals surface area contributed by atoms with Crippen LogP contribution in [0.15, 0.2) is 24.3 Å². The van der Waals surface area contributed by atoms with E-state index in [1.54, 1.807) is 9.80 Å². The van der Waals surface area contributed by atoms with Crippen molar-refractivity contribution >= 4 is 11.6 Å². The minimum atomic E-state index is 0.659. The zero-order valence-corrected chi connectivity index (χ0v) is 13.8. The molecule has 112 valence electrons. The van der Waals surface area contributed by atoms with Gasteiger partial charge in [-0.2, -0.15) is 0 Å². The van der Waals surface area contributed by atoms with Gasteiger partial charge in [0.25, 0.3) is 0 Å². The summed E-state index contributed by atoms with van der Waals surface area (Å²) < 4.78 is 0. The lowest BCUT2D eigenvalue weighted by atomic mass is 9.85. The standard InChI is InChI=1S/C17H27ClN2/c1-14(2)17(15-4-6-16(18)7-5-15)8-9-20-12-10-19(3)11-13-20/h4-7,14,17H,8-13H2,1-3H3/p+2/t17-/m0/s1. The first-order valence-corrected chi connectivity index (χ1v) is 8.34. The predicted octanol–water partition coefficient (Wildman–Crippen LogP) is 0.883. The SMILES string of the molecule is CC(C)[C@H](CC[NH+]1CC[NH+](C)CC1)c1ccc(Cl)cc1. The Morgan fingerprint density at radius 2 is 1.65 bits per heavy atom. The molecule has 20 heavy (non-hydrogen) atoms. The fraction of sp³-hybridized carbons (Fsp3) is 0.647. The Labute approximate surface area is 128 Å². The van der Waals surface area contributed by atoms with Crippen LogP contribution in [0.3, 0.4) is 0 Å². The van der Waals surface area contributed by atoms with Crippen LogP contribution in [0, 0.1) is 5.92 Å². The molecule has 0 bridgehead atoms. The Hall–Kier alpha value is -0.570. The summed E-state index contributed by atoms with van der Waals surface area (Å²) >= 11 is 6.00. The van der Waals surface area contributed by atoms with E-state index in [-0.39, 0.29) is 0 Å². The van der Waals surface area contributed by atoms with Crippen molar-refractivity contribution in [2.24, 2.45) is 5.92 Å². The first-order chi connectivity index (χ1) is 9.56. The Bertz CT molecular complexity index is 394. The van der Waals surface area contributed by atoms with E-state index in [9.17, 15) is 0 Å². The van der Waals surface area contributed by atoms with Crippen molar-refractivity contribution in [3.05, 3.63) is 34.9 Å². The maximum absolute atomic E-state index is 6.00. The van der Waals surface area contributed by atoms with Crippen LogP contribution in [-0.4, -0.2) is 39.8 Å². The molecule has 1 atom stereocenters. The molecule has 1 saturated heterocycles. The van der Waals surface area contributed by atoms with Gasteiger partial charge in [-0.3, -0.25) is 0 Å². The van der Waals surface area contributed by atoms with Crippen molar-refractivity contribution in [2.75, 3.05) is 39.8 Å². The van der Waals surface area contributed by atoms with Gasteiger partial charge in [-0.1, -0.05) is 37.6 Å². The van der Waals surface area contributed by atoms with Gasteiger partial charge in [0, 0.05) is 11.4 Å².